The number of likely N-dealkylation sites (N-methyl/N-ethyl adjacent to an activating group) is 1. The molecule has 1 amide bonds. The van der Waals surface area contributed by atoms with E-state index in [2.05, 4.69) is 24.1 Å². The molecule has 0 aromatic carbocycles. The van der Waals surface area contributed by atoms with Gasteiger partial charge in [0.05, 0.1) is 6.04 Å². The molecule has 15 heavy (non-hydrogen) atoms. The van der Waals surface area contributed by atoms with Crippen LogP contribution in [0.2, 0.25) is 0 Å². The standard InChI is InChI=1S/C12H22N2O/c1-3-14(10-7-13-8-10)12(15)11-6-4-5-9(11)2/h9-11,13H,3-8H2,1-2H3. The molecule has 2 unspecified atom stereocenters. The fourth-order valence-electron chi connectivity index (χ4n) is 2.81. The van der Waals surface area contributed by atoms with Crippen LogP contribution in [0.5, 0.6) is 0 Å². The van der Waals surface area contributed by atoms with E-state index in [1.807, 2.05) is 0 Å². The van der Waals surface area contributed by atoms with Crippen molar-refractivity contribution >= 4 is 5.91 Å². The van der Waals surface area contributed by atoms with Gasteiger partial charge < -0.3 is 10.2 Å². The van der Waals surface area contributed by atoms with Crippen LogP contribution in [0.3, 0.4) is 0 Å². The Kier molecular flexibility index (Phi) is 3.29. The lowest BCUT2D eigenvalue weighted by Gasteiger charge is -2.39. The predicted octanol–water partition coefficient (Wildman–Crippen LogP) is 1.24. The summed E-state index contributed by atoms with van der Waals surface area (Å²) in [6.07, 6.45) is 3.57. The molecular weight excluding hydrogens is 188 g/mol. The summed E-state index contributed by atoms with van der Waals surface area (Å²) in [7, 11) is 0. The first-order valence-corrected chi connectivity index (χ1v) is 6.25. The topological polar surface area (TPSA) is 32.3 Å². The van der Waals surface area contributed by atoms with Crippen LogP contribution in [0.4, 0.5) is 0 Å². The van der Waals surface area contributed by atoms with Gasteiger partial charge in [-0.3, -0.25) is 4.79 Å². The Labute approximate surface area is 92.2 Å². The van der Waals surface area contributed by atoms with Crippen molar-refractivity contribution in [2.24, 2.45) is 11.8 Å². The SMILES string of the molecule is CCN(C(=O)C1CCCC1C)C1CNC1. The molecule has 2 aliphatic rings. The van der Waals surface area contributed by atoms with E-state index in [1.165, 1.54) is 12.8 Å². The van der Waals surface area contributed by atoms with Crippen molar-refractivity contribution < 1.29 is 4.79 Å². The highest BCUT2D eigenvalue weighted by Crippen LogP contribution is 2.33. The van der Waals surface area contributed by atoms with E-state index in [9.17, 15) is 4.79 Å². The van der Waals surface area contributed by atoms with Crippen LogP contribution in [0.15, 0.2) is 0 Å². The average molecular weight is 210 g/mol. The molecule has 0 radical (unpaired) electrons. The van der Waals surface area contributed by atoms with Gasteiger partial charge in [0.25, 0.3) is 0 Å². The quantitative estimate of drug-likeness (QED) is 0.760. The largest absolute Gasteiger partial charge is 0.337 e. The summed E-state index contributed by atoms with van der Waals surface area (Å²) in [5.74, 6) is 1.32. The van der Waals surface area contributed by atoms with Crippen molar-refractivity contribution in [3.8, 4) is 0 Å². The zero-order chi connectivity index (χ0) is 10.8. The second kappa shape index (κ2) is 4.52. The highest BCUT2D eigenvalue weighted by atomic mass is 16.2. The number of rotatable bonds is 3. The molecule has 1 saturated heterocycles. The Morgan fingerprint density at radius 3 is 2.53 bits per heavy atom. The van der Waals surface area contributed by atoms with Crippen LogP contribution in [0, 0.1) is 11.8 Å². The molecule has 1 aliphatic heterocycles. The van der Waals surface area contributed by atoms with Crippen molar-refractivity contribution in [2.45, 2.75) is 39.2 Å². The summed E-state index contributed by atoms with van der Waals surface area (Å²) in [4.78, 5) is 14.4. The van der Waals surface area contributed by atoms with Gasteiger partial charge in [0.2, 0.25) is 5.91 Å². The molecule has 0 spiro atoms. The van der Waals surface area contributed by atoms with E-state index in [0.717, 1.165) is 26.1 Å². The average Bonchev–Trinajstić information content (AvgIpc) is 2.56. The fourth-order valence-corrected chi connectivity index (χ4v) is 2.81. The van der Waals surface area contributed by atoms with E-state index >= 15 is 0 Å². The normalized spacial score (nSPS) is 31.3. The van der Waals surface area contributed by atoms with E-state index in [1.54, 1.807) is 0 Å². The lowest BCUT2D eigenvalue weighted by Crippen LogP contribution is -2.59. The summed E-state index contributed by atoms with van der Waals surface area (Å²) in [6, 6.07) is 0.468. The van der Waals surface area contributed by atoms with Gasteiger partial charge in [0.1, 0.15) is 0 Å². The summed E-state index contributed by atoms with van der Waals surface area (Å²) >= 11 is 0. The monoisotopic (exact) mass is 210 g/mol. The number of carbonyl (C=O) groups excluding carboxylic acids is 1. The first kappa shape index (κ1) is 10.9. The minimum absolute atomic E-state index is 0.311. The number of amides is 1. The molecule has 3 heteroatoms. The van der Waals surface area contributed by atoms with Crippen LogP contribution in [-0.4, -0.2) is 36.5 Å². The molecule has 3 nitrogen and oxygen atoms in total. The van der Waals surface area contributed by atoms with Gasteiger partial charge in [-0.25, -0.2) is 0 Å². The van der Waals surface area contributed by atoms with Gasteiger partial charge in [-0.1, -0.05) is 13.3 Å². The maximum atomic E-state index is 12.3. The number of hydrogen-bond donors (Lipinski definition) is 1. The van der Waals surface area contributed by atoms with E-state index in [4.69, 9.17) is 0 Å². The Balaban J connectivity index is 1.97. The molecule has 2 rings (SSSR count). The lowest BCUT2D eigenvalue weighted by molar-refractivity contribution is -0.139. The van der Waals surface area contributed by atoms with Crippen molar-refractivity contribution in [2.75, 3.05) is 19.6 Å². The summed E-state index contributed by atoms with van der Waals surface area (Å²) in [6.45, 7) is 7.16. The Morgan fingerprint density at radius 2 is 2.13 bits per heavy atom. The zero-order valence-corrected chi connectivity index (χ0v) is 9.83. The molecule has 1 aliphatic carbocycles. The van der Waals surface area contributed by atoms with Crippen LogP contribution in [0.25, 0.3) is 0 Å². The maximum absolute atomic E-state index is 12.3. The summed E-state index contributed by atoms with van der Waals surface area (Å²) in [5.41, 5.74) is 0. The Hall–Kier alpha value is -0.570. The lowest BCUT2D eigenvalue weighted by atomic mass is 9.95. The second-order valence-electron chi connectivity index (χ2n) is 4.95. The van der Waals surface area contributed by atoms with E-state index < -0.39 is 0 Å². The summed E-state index contributed by atoms with van der Waals surface area (Å²) < 4.78 is 0. The van der Waals surface area contributed by atoms with Crippen LogP contribution < -0.4 is 5.32 Å². The van der Waals surface area contributed by atoms with Crippen LogP contribution in [0.1, 0.15) is 33.1 Å². The predicted molar refractivity (Wildman–Crippen MR) is 60.5 cm³/mol. The van der Waals surface area contributed by atoms with Crippen molar-refractivity contribution in [3.63, 3.8) is 0 Å². The third kappa shape index (κ3) is 2.03. The smallest absolute Gasteiger partial charge is 0.226 e. The van der Waals surface area contributed by atoms with Crippen molar-refractivity contribution in [3.05, 3.63) is 0 Å². The maximum Gasteiger partial charge on any atom is 0.226 e. The highest BCUT2D eigenvalue weighted by Gasteiger charge is 2.36. The number of hydrogen-bond acceptors (Lipinski definition) is 2. The number of carbonyl (C=O) groups is 1. The molecule has 0 aromatic heterocycles. The van der Waals surface area contributed by atoms with Crippen molar-refractivity contribution in [1.82, 2.24) is 10.2 Å². The molecule has 1 N–H and O–H groups in total. The van der Waals surface area contributed by atoms with Gasteiger partial charge >= 0.3 is 0 Å². The molecule has 1 saturated carbocycles. The Bertz CT molecular complexity index is 238. The molecule has 0 aromatic rings. The molecular formula is C12H22N2O. The molecule has 2 fully saturated rings. The molecule has 2 atom stereocenters. The second-order valence-corrected chi connectivity index (χ2v) is 4.95. The van der Waals surface area contributed by atoms with Gasteiger partial charge in [-0.05, 0) is 25.7 Å². The van der Waals surface area contributed by atoms with Crippen molar-refractivity contribution in [1.29, 1.82) is 0 Å². The minimum atomic E-state index is 0.311. The first-order chi connectivity index (χ1) is 7.24. The molecule has 86 valence electrons. The van der Waals surface area contributed by atoms with Crippen LogP contribution >= 0.6 is 0 Å². The van der Waals surface area contributed by atoms with Gasteiger partial charge in [0, 0.05) is 25.6 Å². The van der Waals surface area contributed by atoms with Crippen LogP contribution in [-0.2, 0) is 4.79 Å². The molecule has 1 heterocycles. The molecule has 0 bridgehead atoms. The van der Waals surface area contributed by atoms with Gasteiger partial charge in [-0.2, -0.15) is 0 Å². The number of nitrogens with one attached hydrogen (secondary N) is 1. The summed E-state index contributed by atoms with van der Waals surface area (Å²) in [5, 5.41) is 3.24. The Morgan fingerprint density at radius 1 is 1.40 bits per heavy atom. The van der Waals surface area contributed by atoms with Gasteiger partial charge in [0.15, 0.2) is 0 Å². The zero-order valence-electron chi connectivity index (χ0n) is 9.83. The van der Waals surface area contributed by atoms with E-state index in [0.29, 0.717) is 23.8 Å². The highest BCUT2D eigenvalue weighted by molar-refractivity contribution is 5.79. The third-order valence-electron chi connectivity index (χ3n) is 4.00. The minimum Gasteiger partial charge on any atom is -0.337 e. The van der Waals surface area contributed by atoms with E-state index in [-0.39, 0.29) is 0 Å². The third-order valence-corrected chi connectivity index (χ3v) is 4.00. The van der Waals surface area contributed by atoms with Gasteiger partial charge in [-0.15, -0.1) is 0 Å². The first-order valence-electron chi connectivity index (χ1n) is 6.25. The number of nitrogens with zero attached hydrogens (tertiary/aromatic N) is 1. The fraction of sp³-hybridized carbons (Fsp3) is 0.917.